The quantitative estimate of drug-likeness (QED) is 0.560. The Morgan fingerprint density at radius 2 is 1.84 bits per heavy atom. The normalized spacial score (nSPS) is 10.8. The summed E-state index contributed by atoms with van der Waals surface area (Å²) in [7, 11) is 3.46. The molecule has 0 radical (unpaired) electrons. The monoisotopic (exact) mass is 350 g/mol. The Labute approximate surface area is 150 Å². The molecule has 0 aliphatic heterocycles. The molecule has 0 spiro atoms. The molecule has 6 heteroatoms. The van der Waals surface area contributed by atoms with E-state index in [4.69, 9.17) is 0 Å². The molecule has 25 heavy (non-hydrogen) atoms. The Morgan fingerprint density at radius 3 is 2.60 bits per heavy atom. The molecule has 2 aromatic carbocycles. The number of nitrogens with one attached hydrogen (secondary N) is 1. The molecule has 0 saturated carbocycles. The van der Waals surface area contributed by atoms with Gasteiger partial charge < -0.3 is 4.90 Å². The fourth-order valence-corrected chi connectivity index (χ4v) is 2.94. The topological polar surface area (TPSA) is 57.6 Å². The number of amides is 1. The summed E-state index contributed by atoms with van der Waals surface area (Å²) in [5, 5.41) is 6.91. The third kappa shape index (κ3) is 4.10. The van der Waals surface area contributed by atoms with Gasteiger partial charge in [0.25, 0.3) is 5.91 Å². The highest BCUT2D eigenvalue weighted by Gasteiger charge is 2.11. The second kappa shape index (κ2) is 7.72. The molecule has 0 saturated heterocycles. The number of rotatable bonds is 5. The van der Waals surface area contributed by atoms with E-state index in [0.717, 1.165) is 16.8 Å². The van der Waals surface area contributed by atoms with Gasteiger partial charge in [0.05, 0.1) is 11.9 Å². The van der Waals surface area contributed by atoms with Crippen LogP contribution >= 0.6 is 11.3 Å². The minimum atomic E-state index is -0.0531. The standard InChI is InChI=1S/C19H18N4OS/c1-23(2)18(24)16-11-7-6-10-15(16)12-20-22-19-21-17(13-25-19)14-8-4-3-5-9-14/h3-13H,1-2H3,(H,21,22). The van der Waals surface area contributed by atoms with Gasteiger partial charge in [-0.3, -0.25) is 10.2 Å². The summed E-state index contributed by atoms with van der Waals surface area (Å²) in [4.78, 5) is 18.3. The number of carbonyl (C=O) groups excluding carboxylic acids is 1. The van der Waals surface area contributed by atoms with Crippen LogP contribution in [-0.2, 0) is 0 Å². The number of carbonyl (C=O) groups is 1. The van der Waals surface area contributed by atoms with Crippen molar-refractivity contribution in [3.8, 4) is 11.3 Å². The second-order valence-corrected chi connectivity index (χ2v) is 6.42. The molecule has 0 bridgehead atoms. The molecule has 0 fully saturated rings. The summed E-state index contributed by atoms with van der Waals surface area (Å²) in [6, 6.07) is 17.4. The van der Waals surface area contributed by atoms with E-state index < -0.39 is 0 Å². The molecule has 1 aromatic heterocycles. The van der Waals surface area contributed by atoms with Gasteiger partial charge in [0, 0.05) is 36.2 Å². The molecule has 3 rings (SSSR count). The minimum absolute atomic E-state index is 0.0531. The van der Waals surface area contributed by atoms with Crippen LogP contribution in [0.1, 0.15) is 15.9 Å². The van der Waals surface area contributed by atoms with Gasteiger partial charge in [-0.1, -0.05) is 48.5 Å². The van der Waals surface area contributed by atoms with E-state index in [9.17, 15) is 4.79 Å². The smallest absolute Gasteiger partial charge is 0.254 e. The molecule has 1 amide bonds. The summed E-state index contributed by atoms with van der Waals surface area (Å²) in [5.41, 5.74) is 6.28. The number of aromatic nitrogens is 1. The van der Waals surface area contributed by atoms with E-state index in [-0.39, 0.29) is 5.91 Å². The van der Waals surface area contributed by atoms with Gasteiger partial charge in [0.1, 0.15) is 0 Å². The minimum Gasteiger partial charge on any atom is -0.345 e. The first kappa shape index (κ1) is 16.9. The Hall–Kier alpha value is -2.99. The maximum atomic E-state index is 12.2. The van der Waals surface area contributed by atoms with Gasteiger partial charge >= 0.3 is 0 Å². The maximum Gasteiger partial charge on any atom is 0.254 e. The first-order chi connectivity index (χ1) is 12.1. The van der Waals surface area contributed by atoms with Crippen LogP contribution in [-0.4, -0.2) is 36.1 Å². The number of nitrogens with zero attached hydrogens (tertiary/aromatic N) is 3. The average molecular weight is 350 g/mol. The van der Waals surface area contributed by atoms with Crippen LogP contribution in [0.4, 0.5) is 5.13 Å². The van der Waals surface area contributed by atoms with Crippen LogP contribution in [0.25, 0.3) is 11.3 Å². The van der Waals surface area contributed by atoms with E-state index in [0.29, 0.717) is 10.7 Å². The van der Waals surface area contributed by atoms with Gasteiger partial charge in [0.15, 0.2) is 0 Å². The third-order valence-electron chi connectivity index (χ3n) is 3.53. The van der Waals surface area contributed by atoms with Crippen molar-refractivity contribution >= 4 is 28.6 Å². The zero-order valence-electron chi connectivity index (χ0n) is 14.0. The number of hydrazone groups is 1. The van der Waals surface area contributed by atoms with Gasteiger partial charge in [-0.2, -0.15) is 5.10 Å². The lowest BCUT2D eigenvalue weighted by Crippen LogP contribution is -2.22. The number of anilines is 1. The second-order valence-electron chi connectivity index (χ2n) is 5.56. The third-order valence-corrected chi connectivity index (χ3v) is 4.28. The molecule has 0 aliphatic rings. The van der Waals surface area contributed by atoms with Gasteiger partial charge in [0.2, 0.25) is 5.13 Å². The van der Waals surface area contributed by atoms with Crippen molar-refractivity contribution in [1.82, 2.24) is 9.88 Å². The first-order valence-corrected chi connectivity index (χ1v) is 8.64. The highest BCUT2D eigenvalue weighted by atomic mass is 32.1. The van der Waals surface area contributed by atoms with E-state index in [1.165, 1.54) is 11.3 Å². The van der Waals surface area contributed by atoms with Crippen LogP contribution in [0.2, 0.25) is 0 Å². The lowest BCUT2D eigenvalue weighted by molar-refractivity contribution is 0.0827. The van der Waals surface area contributed by atoms with Crippen LogP contribution in [0.3, 0.4) is 0 Å². The molecule has 5 nitrogen and oxygen atoms in total. The number of benzene rings is 2. The Morgan fingerprint density at radius 1 is 1.12 bits per heavy atom. The Kier molecular flexibility index (Phi) is 5.20. The molecule has 1 heterocycles. The fraction of sp³-hybridized carbons (Fsp3) is 0.105. The predicted molar refractivity (Wildman–Crippen MR) is 103 cm³/mol. The Balaban J connectivity index is 1.73. The van der Waals surface area contributed by atoms with Crippen LogP contribution in [0, 0.1) is 0 Å². The molecule has 1 N–H and O–H groups in total. The maximum absolute atomic E-state index is 12.2. The van der Waals surface area contributed by atoms with E-state index in [2.05, 4.69) is 15.5 Å². The van der Waals surface area contributed by atoms with Crippen LogP contribution in [0.5, 0.6) is 0 Å². The van der Waals surface area contributed by atoms with Gasteiger partial charge in [-0.05, 0) is 6.07 Å². The number of thiazole rings is 1. The number of hydrogen-bond donors (Lipinski definition) is 1. The van der Waals surface area contributed by atoms with Crippen molar-refractivity contribution in [2.24, 2.45) is 5.10 Å². The predicted octanol–water partition coefficient (Wildman–Crippen LogP) is 3.96. The largest absolute Gasteiger partial charge is 0.345 e. The molecule has 126 valence electrons. The average Bonchev–Trinajstić information content (AvgIpc) is 3.11. The van der Waals surface area contributed by atoms with Crippen molar-refractivity contribution in [2.45, 2.75) is 0 Å². The van der Waals surface area contributed by atoms with Crippen molar-refractivity contribution in [1.29, 1.82) is 0 Å². The molecule has 0 aliphatic carbocycles. The highest BCUT2D eigenvalue weighted by molar-refractivity contribution is 7.14. The molecule has 0 unspecified atom stereocenters. The number of hydrogen-bond acceptors (Lipinski definition) is 5. The van der Waals surface area contributed by atoms with Crippen molar-refractivity contribution in [2.75, 3.05) is 19.5 Å². The highest BCUT2D eigenvalue weighted by Crippen LogP contribution is 2.24. The summed E-state index contributed by atoms with van der Waals surface area (Å²) < 4.78 is 0. The van der Waals surface area contributed by atoms with Gasteiger partial charge in [-0.25, -0.2) is 4.98 Å². The summed E-state index contributed by atoms with van der Waals surface area (Å²) in [6.45, 7) is 0. The zero-order chi connectivity index (χ0) is 17.6. The van der Waals surface area contributed by atoms with Crippen molar-refractivity contribution in [3.63, 3.8) is 0 Å². The molecular weight excluding hydrogens is 332 g/mol. The molecule has 3 aromatic rings. The summed E-state index contributed by atoms with van der Waals surface area (Å²) in [6.07, 6.45) is 1.64. The summed E-state index contributed by atoms with van der Waals surface area (Å²) in [5.74, 6) is -0.0531. The zero-order valence-corrected chi connectivity index (χ0v) is 14.8. The Bertz CT molecular complexity index is 887. The SMILES string of the molecule is CN(C)C(=O)c1ccccc1C=NNc1nc(-c2ccccc2)cs1. The van der Waals surface area contributed by atoms with Gasteiger partial charge in [-0.15, -0.1) is 11.3 Å². The van der Waals surface area contributed by atoms with E-state index >= 15 is 0 Å². The van der Waals surface area contributed by atoms with Crippen LogP contribution < -0.4 is 5.43 Å². The van der Waals surface area contributed by atoms with E-state index in [1.54, 1.807) is 31.3 Å². The van der Waals surface area contributed by atoms with Crippen LogP contribution in [0.15, 0.2) is 65.1 Å². The summed E-state index contributed by atoms with van der Waals surface area (Å²) >= 11 is 1.48. The lowest BCUT2D eigenvalue weighted by atomic mass is 10.1. The van der Waals surface area contributed by atoms with Crippen molar-refractivity contribution in [3.05, 3.63) is 71.1 Å². The lowest BCUT2D eigenvalue weighted by Gasteiger charge is -2.11. The fourth-order valence-electron chi connectivity index (χ4n) is 2.27. The first-order valence-electron chi connectivity index (χ1n) is 7.76. The van der Waals surface area contributed by atoms with Crippen molar-refractivity contribution < 1.29 is 4.79 Å². The van der Waals surface area contributed by atoms with E-state index in [1.807, 2.05) is 53.9 Å². The molecular formula is C19H18N4OS. The molecule has 0 atom stereocenters.